The molecule has 0 fully saturated rings. The van der Waals surface area contributed by atoms with E-state index in [0.29, 0.717) is 0 Å². The summed E-state index contributed by atoms with van der Waals surface area (Å²) >= 11 is -16.9. The van der Waals surface area contributed by atoms with Gasteiger partial charge in [0.25, 0.3) is 0 Å². The molecule has 0 aliphatic heterocycles. The summed E-state index contributed by atoms with van der Waals surface area (Å²) in [7, 11) is 10.5. The van der Waals surface area contributed by atoms with Gasteiger partial charge < -0.3 is 34.4 Å². The van der Waals surface area contributed by atoms with E-state index in [1.807, 2.05) is 84.7 Å². The Morgan fingerprint density at radius 3 is 0.262 bits per heavy atom. The van der Waals surface area contributed by atoms with Gasteiger partial charge in [0.05, 0.1) is 42.3 Å². The van der Waals surface area contributed by atoms with Crippen LogP contribution in [0.15, 0.2) is 0 Å². The van der Waals surface area contributed by atoms with E-state index in [2.05, 4.69) is 34.4 Å². The van der Waals surface area contributed by atoms with Crippen molar-refractivity contribution in [2.24, 2.45) is 0 Å². The Labute approximate surface area is 295 Å². The molecule has 0 saturated heterocycles. The average molecular weight is 1430 g/mol. The third kappa shape index (κ3) is 7870. The van der Waals surface area contributed by atoms with Crippen molar-refractivity contribution in [3.05, 3.63) is 0 Å². The fourth-order valence-electron chi connectivity index (χ4n) is 0. The Balaban J connectivity index is -0.0000000240. The summed E-state index contributed by atoms with van der Waals surface area (Å²) in [5.41, 5.74) is 19.5. The summed E-state index contributed by atoms with van der Waals surface area (Å²) < 4.78 is 163. The van der Waals surface area contributed by atoms with Crippen molar-refractivity contribution in [3.8, 4) is 0 Å². The molecule has 0 aromatic carbocycles. The summed E-state index contributed by atoms with van der Waals surface area (Å²) in [6.45, 7) is 0. The molecule has 0 spiro atoms. The molecular formula is C6H36Br6N6O18Se6. The third-order valence-electron chi connectivity index (χ3n) is 0. The zero-order valence-corrected chi connectivity index (χ0v) is 42.1. The molecule has 276 valence electrons. The number of halogens is 6. The minimum absolute atomic E-state index is 1.75. The maximum absolute atomic E-state index is 9.07. The summed E-state index contributed by atoms with van der Waals surface area (Å²) in [5.74, 6) is 0. The Bertz CT molecular complexity index is 821. The van der Waals surface area contributed by atoms with Crippen LogP contribution < -0.4 is 59.5 Å². The Morgan fingerprint density at radius 2 is 0.262 bits per heavy atom. The van der Waals surface area contributed by atoms with Crippen LogP contribution in [0.1, 0.15) is 0 Å². The molecule has 0 heterocycles. The average Bonchev–Trinajstić information content (AvgIpc) is 2.69. The topological polar surface area (TPSA) is 509 Å². The number of hydrogen-bond acceptors (Lipinski definition) is 18. The molecule has 0 bridgehead atoms. The van der Waals surface area contributed by atoms with Crippen molar-refractivity contribution >= 4 is 152 Å². The van der Waals surface area contributed by atoms with Crippen LogP contribution in [0.25, 0.3) is 0 Å². The van der Waals surface area contributed by atoms with Crippen molar-refractivity contribution in [2.45, 2.75) is 0 Å². The number of rotatable bonds is 0. The third-order valence-corrected chi connectivity index (χ3v) is 0. The van der Waals surface area contributed by atoms with Gasteiger partial charge >= 0.3 is 223 Å². The van der Waals surface area contributed by atoms with Crippen molar-refractivity contribution in [2.75, 3.05) is 42.3 Å². The molecule has 0 radical (unpaired) electrons. The molecular weight excluding hydrogens is 1400 g/mol. The molecule has 18 N–H and O–H groups in total. The van der Waals surface area contributed by atoms with Crippen LogP contribution in [0.4, 0.5) is 0 Å². The van der Waals surface area contributed by atoms with Gasteiger partial charge in [0.15, 0.2) is 0 Å². The molecule has 0 atom stereocenters. The molecule has 0 saturated carbocycles. The fraction of sp³-hybridized carbons (Fsp3) is 1.00. The van der Waals surface area contributed by atoms with Crippen molar-refractivity contribution in [1.82, 2.24) is 0 Å². The standard InChI is InChI=1S/6CH5N.6BrHO3Se/c6*1-2;6*1-5(2,3)4/h6*2H2,1H3;6*(H,2,3,4). The monoisotopic (exact) mass is 1430 g/mol. The number of hydrogen-bond donors (Lipinski definition) is 6. The van der Waals surface area contributed by atoms with E-state index in [4.69, 9.17) is 71.1 Å². The van der Waals surface area contributed by atoms with E-state index in [-0.39, 0.29) is 0 Å². The first-order valence-electron chi connectivity index (χ1n) is 8.17. The molecule has 36 heteroatoms. The van der Waals surface area contributed by atoms with Crippen LogP contribution in [0.2, 0.25) is 0 Å². The zero-order valence-electron chi connectivity index (χ0n) is 22.3. The quantitative estimate of drug-likeness (QED) is 0.123. The fourth-order valence-corrected chi connectivity index (χ4v) is 0. The zero-order chi connectivity index (χ0) is 39.0. The van der Waals surface area contributed by atoms with Crippen LogP contribution in [-0.2, 0) is 46.0 Å². The van der Waals surface area contributed by atoms with E-state index in [9.17, 15) is 0 Å². The van der Waals surface area contributed by atoms with Crippen molar-refractivity contribution < 1.29 is 106 Å². The molecule has 0 aromatic heterocycles. The van der Waals surface area contributed by atoms with Crippen LogP contribution in [0.3, 0.4) is 0 Å². The van der Waals surface area contributed by atoms with E-state index >= 15 is 0 Å². The van der Waals surface area contributed by atoms with Gasteiger partial charge in [-0.3, -0.25) is 0 Å². The van der Waals surface area contributed by atoms with E-state index in [1.54, 1.807) is 42.3 Å². The van der Waals surface area contributed by atoms with Gasteiger partial charge in [0.2, 0.25) is 0 Å². The molecule has 0 rings (SSSR count). The summed E-state index contributed by atoms with van der Waals surface area (Å²) in [5, 5.41) is 0. The molecule has 0 aromatic rings. The summed E-state index contributed by atoms with van der Waals surface area (Å²) in [6.07, 6.45) is 0. The van der Waals surface area contributed by atoms with Gasteiger partial charge in [0, 0.05) is 0 Å². The normalized spacial score (nSPS) is 9.14. The molecule has 0 amide bonds. The molecule has 42 heavy (non-hydrogen) atoms. The Kier molecular flexibility index (Phi) is 102. The van der Waals surface area contributed by atoms with Crippen molar-refractivity contribution in [1.29, 1.82) is 0 Å². The van der Waals surface area contributed by atoms with E-state index in [0.717, 1.165) is 0 Å². The minimum atomic E-state index is -4.69. The second kappa shape index (κ2) is 53.6. The van der Waals surface area contributed by atoms with E-state index < -0.39 is 67.4 Å². The predicted octanol–water partition coefficient (Wildman–Crippen LogP) is -12.6. The van der Waals surface area contributed by atoms with Gasteiger partial charge in [-0.1, -0.05) is 0 Å². The van der Waals surface area contributed by atoms with Gasteiger partial charge in [0.1, 0.15) is 0 Å². The maximum atomic E-state index is 9.07. The molecule has 0 unspecified atom stereocenters. The van der Waals surface area contributed by atoms with Crippen LogP contribution >= 0.6 is 84.7 Å². The van der Waals surface area contributed by atoms with Gasteiger partial charge in [-0.25, -0.2) is 0 Å². The van der Waals surface area contributed by atoms with Crippen molar-refractivity contribution in [3.63, 3.8) is 0 Å². The first-order valence-corrected chi connectivity index (χ1v) is 44.8. The van der Waals surface area contributed by atoms with Gasteiger partial charge in [-0.15, -0.1) is 0 Å². The Morgan fingerprint density at radius 1 is 0.262 bits per heavy atom. The predicted molar refractivity (Wildman–Crippen MR) is 149 cm³/mol. The first kappa shape index (κ1) is 80.1. The second-order valence-corrected chi connectivity index (χ2v) is 37.0. The summed E-state index contributed by atoms with van der Waals surface area (Å²) in [4.78, 5) is 0. The Hall–Kier alpha value is 3.12. The molecule has 0 aliphatic rings. The molecule has 24 nitrogen and oxygen atoms in total. The van der Waals surface area contributed by atoms with Crippen LogP contribution in [0, 0.1) is 0 Å². The van der Waals surface area contributed by atoms with E-state index in [1.165, 1.54) is 0 Å². The van der Waals surface area contributed by atoms with Gasteiger partial charge in [-0.2, -0.15) is 0 Å². The van der Waals surface area contributed by atoms with Crippen LogP contribution in [-0.4, -0.2) is 110 Å². The summed E-state index contributed by atoms with van der Waals surface area (Å²) in [6, 6.07) is 0. The molecule has 0 aliphatic carbocycles. The SMILES string of the molecule is C[NH3+].C[NH3+].C[NH3+].C[NH3+].C[NH3+].C[NH3+].O=[Se](=O)([O-])Br.O=[Se](=O)([O-])Br.O=[Se](=O)([O-])Br.O=[Se](=O)([O-])Br.O=[Se](=O)([O-])Br.O=[Se](=O)([O-])Br. The van der Waals surface area contributed by atoms with Gasteiger partial charge in [-0.05, 0) is 0 Å². The number of quaternary nitrogens is 6. The first-order chi connectivity index (χ1) is 18.0. The van der Waals surface area contributed by atoms with Crippen LogP contribution in [0.5, 0.6) is 0 Å². The second-order valence-electron chi connectivity index (χ2n) is 2.36.